The van der Waals surface area contributed by atoms with Gasteiger partial charge in [-0.2, -0.15) is 0 Å². The van der Waals surface area contributed by atoms with E-state index in [0.29, 0.717) is 18.8 Å². The topological polar surface area (TPSA) is 68.2 Å². The van der Waals surface area contributed by atoms with Crippen molar-refractivity contribution >= 4 is 10.0 Å². The maximum atomic E-state index is 12.1. The van der Waals surface area contributed by atoms with E-state index in [0.717, 1.165) is 37.1 Å². The van der Waals surface area contributed by atoms with Crippen LogP contribution in [0.5, 0.6) is 0 Å². The first-order valence-electron chi connectivity index (χ1n) is 8.70. The molecule has 1 heterocycles. The molecule has 6 heteroatoms. The Hall–Kier alpha value is -1.14. The molecule has 128 valence electrons. The molecule has 0 amide bonds. The molecule has 0 bridgehead atoms. The second-order valence-electron chi connectivity index (χ2n) is 6.93. The Morgan fingerprint density at radius 3 is 2.74 bits per heavy atom. The smallest absolute Gasteiger partial charge is 0.250 e. The lowest BCUT2D eigenvalue weighted by Crippen LogP contribution is -2.41. The van der Waals surface area contributed by atoms with Crippen LogP contribution < -0.4 is 10.3 Å². The van der Waals surface area contributed by atoms with E-state index >= 15 is 0 Å². The molecular formula is C17H26N2O3S. The van der Waals surface area contributed by atoms with Crippen LogP contribution in [0.4, 0.5) is 0 Å². The molecule has 3 rings (SSSR count). The highest BCUT2D eigenvalue weighted by atomic mass is 32.2. The van der Waals surface area contributed by atoms with Crippen LogP contribution in [0.2, 0.25) is 0 Å². The number of sulfonamides is 1. The van der Waals surface area contributed by atoms with Gasteiger partial charge in [-0.25, -0.2) is 13.1 Å². The predicted octanol–water partition coefficient (Wildman–Crippen LogP) is 1.84. The van der Waals surface area contributed by atoms with Crippen molar-refractivity contribution in [3.05, 3.63) is 33.7 Å². The first kappa shape index (κ1) is 16.7. The van der Waals surface area contributed by atoms with Crippen molar-refractivity contribution in [1.82, 2.24) is 9.29 Å². The summed E-state index contributed by atoms with van der Waals surface area (Å²) in [5.41, 5.74) is 2.32. The number of rotatable bonds is 7. The van der Waals surface area contributed by atoms with Crippen LogP contribution in [0.1, 0.15) is 50.3 Å². The van der Waals surface area contributed by atoms with Gasteiger partial charge in [0.25, 0.3) is 5.56 Å². The summed E-state index contributed by atoms with van der Waals surface area (Å²) in [7, 11) is -3.19. The zero-order chi connectivity index (χ0) is 16.4. The van der Waals surface area contributed by atoms with Crippen LogP contribution in [0, 0.1) is 5.92 Å². The van der Waals surface area contributed by atoms with Gasteiger partial charge in [0.05, 0.1) is 5.75 Å². The fourth-order valence-electron chi connectivity index (χ4n) is 3.33. The molecule has 5 nitrogen and oxygen atoms in total. The van der Waals surface area contributed by atoms with Crippen molar-refractivity contribution < 1.29 is 8.42 Å². The van der Waals surface area contributed by atoms with Gasteiger partial charge in [0.15, 0.2) is 0 Å². The third-order valence-electron chi connectivity index (χ3n) is 4.84. The number of hydrogen-bond acceptors (Lipinski definition) is 3. The zero-order valence-electron chi connectivity index (χ0n) is 13.8. The molecule has 0 aliphatic heterocycles. The minimum Gasteiger partial charge on any atom is -0.312 e. The Morgan fingerprint density at radius 1 is 1.26 bits per heavy atom. The first-order chi connectivity index (χ1) is 11.0. The fourth-order valence-corrected chi connectivity index (χ4v) is 4.83. The van der Waals surface area contributed by atoms with Crippen molar-refractivity contribution in [3.63, 3.8) is 0 Å². The summed E-state index contributed by atoms with van der Waals surface area (Å²) in [5, 5.41) is 0. The highest BCUT2D eigenvalue weighted by Crippen LogP contribution is 2.31. The number of aromatic nitrogens is 1. The Morgan fingerprint density at radius 2 is 2.04 bits per heavy atom. The van der Waals surface area contributed by atoms with Gasteiger partial charge < -0.3 is 4.57 Å². The summed E-state index contributed by atoms with van der Waals surface area (Å²) in [5.74, 6) is 0.859. The minimum absolute atomic E-state index is 0.0452. The van der Waals surface area contributed by atoms with Crippen LogP contribution in [-0.4, -0.2) is 24.8 Å². The lowest BCUT2D eigenvalue weighted by Gasteiger charge is -2.27. The number of hydrogen-bond donors (Lipinski definition) is 1. The lowest BCUT2D eigenvalue weighted by atomic mass is 9.92. The minimum atomic E-state index is -3.19. The average molecular weight is 338 g/mol. The van der Waals surface area contributed by atoms with Crippen LogP contribution in [-0.2, 0) is 29.4 Å². The molecule has 2 aliphatic carbocycles. The predicted molar refractivity (Wildman–Crippen MR) is 91.1 cm³/mol. The van der Waals surface area contributed by atoms with Crippen LogP contribution in [0.3, 0.4) is 0 Å². The van der Waals surface area contributed by atoms with E-state index in [1.54, 1.807) is 6.07 Å². The van der Waals surface area contributed by atoms with Gasteiger partial charge in [-0.05, 0) is 50.0 Å². The highest BCUT2D eigenvalue weighted by molar-refractivity contribution is 7.89. The Kier molecular flexibility index (Phi) is 4.92. The third kappa shape index (κ3) is 4.23. The Labute approximate surface area is 138 Å². The molecule has 0 unspecified atom stereocenters. The van der Waals surface area contributed by atoms with Crippen LogP contribution in [0.25, 0.3) is 0 Å². The molecule has 0 aromatic carbocycles. The van der Waals surface area contributed by atoms with E-state index in [1.165, 1.54) is 12.8 Å². The normalized spacial score (nSPS) is 21.2. The molecule has 0 saturated heterocycles. The number of pyridine rings is 1. The summed E-state index contributed by atoms with van der Waals surface area (Å²) in [6.45, 7) is 2.82. The van der Waals surface area contributed by atoms with Gasteiger partial charge in [-0.15, -0.1) is 0 Å². The fraction of sp³-hybridized carbons (Fsp3) is 0.706. The molecule has 0 spiro atoms. The molecule has 1 saturated carbocycles. The van der Waals surface area contributed by atoms with E-state index in [2.05, 4.69) is 4.72 Å². The first-order valence-corrected chi connectivity index (χ1v) is 10.4. The van der Waals surface area contributed by atoms with Crippen molar-refractivity contribution in [1.29, 1.82) is 0 Å². The van der Waals surface area contributed by atoms with Crippen molar-refractivity contribution in [3.8, 4) is 0 Å². The summed E-state index contributed by atoms with van der Waals surface area (Å²) in [6.07, 6.45) is 6.24. The summed E-state index contributed by atoms with van der Waals surface area (Å²) in [6, 6.07) is 3.47. The number of nitrogens with one attached hydrogen (secondary N) is 1. The standard InChI is InChI=1S/C17H26N2O3S/c1-2-3-10-23(21,22)18-15-7-8-16-14(11-15)6-9-17(20)19(16)12-13-4-5-13/h6,9,13,15,18H,2-5,7-8,10-12H2,1H3/t15-/m0/s1. The van der Waals surface area contributed by atoms with Gasteiger partial charge in [0.2, 0.25) is 10.0 Å². The monoisotopic (exact) mass is 338 g/mol. The maximum Gasteiger partial charge on any atom is 0.250 e. The van der Waals surface area contributed by atoms with Gasteiger partial charge >= 0.3 is 0 Å². The number of nitrogens with zero attached hydrogens (tertiary/aromatic N) is 1. The molecule has 1 N–H and O–H groups in total. The van der Waals surface area contributed by atoms with E-state index in [4.69, 9.17) is 0 Å². The molecule has 1 aromatic heterocycles. The maximum absolute atomic E-state index is 12.1. The van der Waals surface area contributed by atoms with Crippen LogP contribution in [0.15, 0.2) is 16.9 Å². The average Bonchev–Trinajstić information content (AvgIpc) is 3.32. The SMILES string of the molecule is CCCCS(=O)(=O)N[C@H]1CCc2c(ccc(=O)n2CC2CC2)C1. The second-order valence-corrected chi connectivity index (χ2v) is 8.80. The molecule has 1 aromatic rings. The molecule has 1 fully saturated rings. The molecule has 23 heavy (non-hydrogen) atoms. The summed E-state index contributed by atoms with van der Waals surface area (Å²) < 4.78 is 28.9. The van der Waals surface area contributed by atoms with Crippen LogP contribution >= 0.6 is 0 Å². The second kappa shape index (κ2) is 6.77. The number of unbranched alkanes of at least 4 members (excludes halogenated alkanes) is 1. The van der Waals surface area contributed by atoms with Gasteiger partial charge in [0, 0.05) is 24.3 Å². The molecule has 1 atom stereocenters. The number of fused-ring (bicyclic) bond motifs is 1. The zero-order valence-corrected chi connectivity index (χ0v) is 14.6. The summed E-state index contributed by atoms with van der Waals surface area (Å²) >= 11 is 0. The Balaban J connectivity index is 1.72. The van der Waals surface area contributed by atoms with Gasteiger partial charge in [0.1, 0.15) is 0 Å². The lowest BCUT2D eigenvalue weighted by molar-refractivity contribution is 0.476. The van der Waals surface area contributed by atoms with E-state index < -0.39 is 10.0 Å². The highest BCUT2D eigenvalue weighted by Gasteiger charge is 2.27. The molecule has 0 radical (unpaired) electrons. The van der Waals surface area contributed by atoms with Crippen molar-refractivity contribution in [2.75, 3.05) is 5.75 Å². The van der Waals surface area contributed by atoms with Gasteiger partial charge in [-0.1, -0.05) is 19.4 Å². The largest absolute Gasteiger partial charge is 0.312 e. The quantitative estimate of drug-likeness (QED) is 0.825. The van der Waals surface area contributed by atoms with E-state index in [-0.39, 0.29) is 17.4 Å². The van der Waals surface area contributed by atoms with Crippen molar-refractivity contribution in [2.24, 2.45) is 5.92 Å². The molecular weight excluding hydrogens is 312 g/mol. The Bertz CT molecular complexity index is 720. The summed E-state index contributed by atoms with van der Waals surface area (Å²) in [4.78, 5) is 12.1. The third-order valence-corrected chi connectivity index (χ3v) is 6.35. The van der Waals surface area contributed by atoms with E-state index in [1.807, 2.05) is 17.6 Å². The molecule has 2 aliphatic rings. The van der Waals surface area contributed by atoms with Gasteiger partial charge in [-0.3, -0.25) is 4.79 Å². The van der Waals surface area contributed by atoms with E-state index in [9.17, 15) is 13.2 Å². The van der Waals surface area contributed by atoms with Crippen molar-refractivity contribution in [2.45, 2.75) is 64.5 Å².